The van der Waals surface area contributed by atoms with E-state index in [-0.39, 0.29) is 19.3 Å². The molecule has 0 spiro atoms. The van der Waals surface area contributed by atoms with Gasteiger partial charge in [-0.25, -0.2) is 43.5 Å². The Morgan fingerprint density at radius 1 is 0.600 bits per heavy atom. The molecule has 0 fully saturated rings. The van der Waals surface area contributed by atoms with E-state index in [1.54, 1.807) is 0 Å². The molecule has 1 unspecified atom stereocenters. The summed E-state index contributed by atoms with van der Waals surface area (Å²) in [6.07, 6.45) is -0.255. The smallest absolute Gasteiger partial charge is 0.218 e. The first kappa shape index (κ1) is 29.0. The number of hydrogen-bond donors (Lipinski definition) is 0. The Morgan fingerprint density at radius 3 is 1.17 bits per heavy atom. The lowest BCUT2D eigenvalue weighted by atomic mass is 9.77. The van der Waals surface area contributed by atoms with Crippen LogP contribution in [-0.4, -0.2) is 15.5 Å². The van der Waals surface area contributed by atoms with Crippen LogP contribution >= 0.6 is 0 Å². The van der Waals surface area contributed by atoms with Gasteiger partial charge in [-0.3, -0.25) is 0 Å². The van der Waals surface area contributed by atoms with Crippen molar-refractivity contribution in [1.29, 1.82) is 0 Å². The first-order chi connectivity index (χ1) is 16.0. The van der Waals surface area contributed by atoms with E-state index in [0.717, 1.165) is 14.0 Å². The fraction of sp³-hybridized carbons (Fsp3) is 0.478. The SMILES string of the molecule is CCC(C)(CC)c1c(F)c(F)c(S(=O)(=O)c2c(F)c(F)c(C(C)(CC)OC)c(F)c2F)c(F)c1F. The van der Waals surface area contributed by atoms with Crippen LogP contribution in [0.2, 0.25) is 0 Å². The first-order valence-electron chi connectivity index (χ1n) is 10.5. The summed E-state index contributed by atoms with van der Waals surface area (Å²) in [5, 5.41) is 0. The van der Waals surface area contributed by atoms with Crippen molar-refractivity contribution in [1.82, 2.24) is 0 Å². The highest BCUT2D eigenvalue weighted by Crippen LogP contribution is 2.43. The quantitative estimate of drug-likeness (QED) is 0.272. The van der Waals surface area contributed by atoms with Gasteiger partial charge < -0.3 is 4.74 Å². The van der Waals surface area contributed by atoms with Crippen LogP contribution in [0.5, 0.6) is 0 Å². The van der Waals surface area contributed by atoms with Crippen molar-refractivity contribution in [2.75, 3.05) is 7.11 Å². The summed E-state index contributed by atoms with van der Waals surface area (Å²) in [4.78, 5) is -4.86. The van der Waals surface area contributed by atoms with Crippen LogP contribution in [0, 0.1) is 46.5 Å². The molecule has 0 amide bonds. The fourth-order valence-electron chi connectivity index (χ4n) is 3.82. The van der Waals surface area contributed by atoms with Gasteiger partial charge in [0.1, 0.15) is 9.79 Å². The summed E-state index contributed by atoms with van der Waals surface area (Å²) in [6.45, 7) is 6.60. The molecule has 0 aromatic heterocycles. The van der Waals surface area contributed by atoms with Crippen molar-refractivity contribution in [2.24, 2.45) is 0 Å². The summed E-state index contributed by atoms with van der Waals surface area (Å²) in [7, 11) is -5.23. The number of ether oxygens (including phenoxy) is 1. The van der Waals surface area contributed by atoms with Gasteiger partial charge in [-0.15, -0.1) is 0 Å². The van der Waals surface area contributed by atoms with E-state index < -0.39 is 88.3 Å². The Bertz CT molecular complexity index is 1120. The van der Waals surface area contributed by atoms with Crippen molar-refractivity contribution in [3.63, 3.8) is 0 Å². The van der Waals surface area contributed by atoms with Gasteiger partial charge in [0.05, 0.1) is 11.2 Å². The maximum Gasteiger partial charge on any atom is 0.218 e. The second-order valence-electron chi connectivity index (χ2n) is 8.48. The van der Waals surface area contributed by atoms with E-state index in [4.69, 9.17) is 4.74 Å². The summed E-state index contributed by atoms with van der Waals surface area (Å²) in [5.41, 5.74) is -5.85. The van der Waals surface area contributed by atoms with Gasteiger partial charge >= 0.3 is 0 Å². The van der Waals surface area contributed by atoms with Gasteiger partial charge in [-0.1, -0.05) is 27.7 Å². The summed E-state index contributed by atoms with van der Waals surface area (Å²) in [6, 6.07) is 0. The second-order valence-corrected chi connectivity index (χ2v) is 10.3. The molecule has 0 saturated carbocycles. The minimum atomic E-state index is -6.20. The Morgan fingerprint density at radius 2 is 0.914 bits per heavy atom. The molecule has 3 nitrogen and oxygen atoms in total. The van der Waals surface area contributed by atoms with Crippen LogP contribution in [0.1, 0.15) is 65.0 Å². The third kappa shape index (κ3) is 4.22. The average molecular weight is 532 g/mol. The van der Waals surface area contributed by atoms with Crippen LogP contribution in [0.4, 0.5) is 35.1 Å². The number of halogens is 8. The lowest BCUT2D eigenvalue weighted by Gasteiger charge is -2.29. The standard InChI is InChI=1S/C23H24F8O3S/c1-7-22(4,8-2)10-12(24)16(28)20(17(29)13(10)25)35(32,33)21-18(30)14(26)11(15(27)19(21)31)23(5,9-3)34-6/h7-9H2,1-6H3. The van der Waals surface area contributed by atoms with Gasteiger partial charge in [0.2, 0.25) is 9.84 Å². The number of rotatable bonds is 8. The van der Waals surface area contributed by atoms with Crippen molar-refractivity contribution in [2.45, 2.75) is 74.7 Å². The second kappa shape index (κ2) is 9.68. The van der Waals surface area contributed by atoms with E-state index in [9.17, 15) is 43.5 Å². The largest absolute Gasteiger partial charge is 0.374 e. The van der Waals surface area contributed by atoms with Crippen molar-refractivity contribution in [3.8, 4) is 0 Å². The predicted molar refractivity (Wildman–Crippen MR) is 111 cm³/mol. The highest BCUT2D eigenvalue weighted by molar-refractivity contribution is 7.91. The predicted octanol–water partition coefficient (Wildman–Crippen LogP) is 6.98. The summed E-state index contributed by atoms with van der Waals surface area (Å²) >= 11 is 0. The molecule has 1 atom stereocenters. The molecule has 0 saturated heterocycles. The zero-order chi connectivity index (χ0) is 27.3. The molecule has 2 aromatic carbocycles. The molecular weight excluding hydrogens is 508 g/mol. The zero-order valence-electron chi connectivity index (χ0n) is 19.8. The summed E-state index contributed by atoms with van der Waals surface area (Å²) < 4.78 is 150. The Hall–Kier alpha value is -2.21. The van der Waals surface area contributed by atoms with Crippen molar-refractivity contribution < 1.29 is 48.3 Å². The first-order valence-corrected chi connectivity index (χ1v) is 12.0. The highest BCUT2D eigenvalue weighted by atomic mass is 32.2. The Balaban J connectivity index is 3.02. The molecule has 2 rings (SSSR count). The molecular formula is C23H24F8O3S. The molecule has 0 aliphatic rings. The number of hydrogen-bond acceptors (Lipinski definition) is 3. The molecule has 196 valence electrons. The van der Waals surface area contributed by atoms with E-state index in [1.165, 1.54) is 27.7 Å². The molecule has 0 heterocycles. The highest BCUT2D eigenvalue weighted by Gasteiger charge is 2.44. The molecule has 0 radical (unpaired) electrons. The minimum Gasteiger partial charge on any atom is -0.374 e. The monoisotopic (exact) mass is 532 g/mol. The molecule has 35 heavy (non-hydrogen) atoms. The lowest BCUT2D eigenvalue weighted by Crippen LogP contribution is -2.29. The number of methoxy groups -OCH3 is 1. The van der Waals surface area contributed by atoms with E-state index in [2.05, 4.69) is 0 Å². The van der Waals surface area contributed by atoms with Gasteiger partial charge in [-0.2, -0.15) is 0 Å². The maximum atomic E-state index is 14.9. The van der Waals surface area contributed by atoms with Gasteiger partial charge in [-0.05, 0) is 31.6 Å². The van der Waals surface area contributed by atoms with E-state index >= 15 is 0 Å². The molecule has 0 aliphatic heterocycles. The third-order valence-corrected chi connectivity index (χ3v) is 8.59. The zero-order valence-corrected chi connectivity index (χ0v) is 20.6. The molecule has 2 aromatic rings. The Kier molecular flexibility index (Phi) is 8.03. The number of sulfone groups is 1. The van der Waals surface area contributed by atoms with E-state index in [1.807, 2.05) is 0 Å². The fourth-order valence-corrected chi connectivity index (χ4v) is 5.32. The summed E-state index contributed by atoms with van der Waals surface area (Å²) in [5.74, 6) is -18.7. The van der Waals surface area contributed by atoms with Gasteiger partial charge in [0, 0.05) is 12.7 Å². The van der Waals surface area contributed by atoms with Crippen LogP contribution in [0.15, 0.2) is 9.79 Å². The van der Waals surface area contributed by atoms with Gasteiger partial charge in [0.15, 0.2) is 46.5 Å². The van der Waals surface area contributed by atoms with Crippen molar-refractivity contribution >= 4 is 9.84 Å². The molecule has 0 aliphatic carbocycles. The topological polar surface area (TPSA) is 43.4 Å². The Labute approximate surface area is 198 Å². The average Bonchev–Trinajstić information content (AvgIpc) is 2.81. The van der Waals surface area contributed by atoms with Crippen LogP contribution in [-0.2, 0) is 25.6 Å². The molecule has 0 N–H and O–H groups in total. The molecule has 0 bridgehead atoms. The lowest BCUT2D eigenvalue weighted by molar-refractivity contribution is -0.00867. The van der Waals surface area contributed by atoms with E-state index in [0.29, 0.717) is 0 Å². The molecule has 12 heteroatoms. The third-order valence-electron chi connectivity index (χ3n) is 6.80. The minimum absolute atomic E-state index is 0.0147. The van der Waals surface area contributed by atoms with Crippen LogP contribution in [0.25, 0.3) is 0 Å². The van der Waals surface area contributed by atoms with Crippen molar-refractivity contribution in [3.05, 3.63) is 57.7 Å². The van der Waals surface area contributed by atoms with Gasteiger partial charge in [0.25, 0.3) is 0 Å². The van der Waals surface area contributed by atoms with Crippen LogP contribution in [0.3, 0.4) is 0 Å². The maximum absolute atomic E-state index is 14.9. The van der Waals surface area contributed by atoms with Crippen LogP contribution < -0.4 is 0 Å². The number of benzene rings is 2. The normalized spacial score (nSPS) is 14.3.